The van der Waals surface area contributed by atoms with Crippen molar-refractivity contribution < 1.29 is 4.79 Å². The molecular formula is C20H23N5O. The van der Waals surface area contributed by atoms with Crippen LogP contribution in [0.2, 0.25) is 0 Å². The van der Waals surface area contributed by atoms with E-state index in [4.69, 9.17) is 0 Å². The Hall–Kier alpha value is -2.86. The summed E-state index contributed by atoms with van der Waals surface area (Å²) in [7, 11) is 3.98. The SMILES string of the molecule is CN(C)c1ccc(C(=O)N2CCNC(c3nc4ccccc4[nH]3)C2)cc1. The standard InChI is InChI=1S/C20H23N5O/c1-24(2)15-9-7-14(8-10-15)20(26)25-12-11-21-18(13-25)19-22-16-5-3-4-6-17(16)23-19/h3-10,18,21H,11-13H2,1-2H3,(H,22,23). The summed E-state index contributed by atoms with van der Waals surface area (Å²) in [6, 6.07) is 15.8. The van der Waals surface area contributed by atoms with Crippen LogP contribution in [-0.2, 0) is 0 Å². The van der Waals surface area contributed by atoms with Crippen molar-refractivity contribution in [2.24, 2.45) is 0 Å². The molecule has 1 unspecified atom stereocenters. The van der Waals surface area contributed by atoms with E-state index < -0.39 is 0 Å². The average molecular weight is 349 g/mol. The van der Waals surface area contributed by atoms with Crippen molar-refractivity contribution in [1.82, 2.24) is 20.2 Å². The van der Waals surface area contributed by atoms with Crippen LogP contribution < -0.4 is 10.2 Å². The lowest BCUT2D eigenvalue weighted by Crippen LogP contribution is -2.48. The smallest absolute Gasteiger partial charge is 0.253 e. The maximum Gasteiger partial charge on any atom is 0.253 e. The van der Waals surface area contributed by atoms with E-state index in [1.807, 2.05) is 72.4 Å². The average Bonchev–Trinajstić information content (AvgIpc) is 3.12. The Bertz CT molecular complexity index is 882. The number of hydrogen-bond donors (Lipinski definition) is 2. The van der Waals surface area contributed by atoms with Crippen LogP contribution >= 0.6 is 0 Å². The summed E-state index contributed by atoms with van der Waals surface area (Å²) in [5.74, 6) is 0.949. The van der Waals surface area contributed by atoms with Crippen molar-refractivity contribution >= 4 is 22.6 Å². The lowest BCUT2D eigenvalue weighted by molar-refractivity contribution is 0.0700. The van der Waals surface area contributed by atoms with Gasteiger partial charge in [-0.2, -0.15) is 0 Å². The first-order valence-electron chi connectivity index (χ1n) is 8.86. The molecule has 1 aliphatic rings. The summed E-state index contributed by atoms with van der Waals surface area (Å²) in [4.78, 5) is 24.8. The van der Waals surface area contributed by atoms with Crippen LogP contribution in [0.1, 0.15) is 22.2 Å². The number of piperazine rings is 1. The van der Waals surface area contributed by atoms with Crippen LogP contribution in [0.4, 0.5) is 5.69 Å². The Morgan fingerprint density at radius 3 is 2.65 bits per heavy atom. The zero-order chi connectivity index (χ0) is 18.1. The van der Waals surface area contributed by atoms with Crippen molar-refractivity contribution in [3.05, 3.63) is 59.9 Å². The van der Waals surface area contributed by atoms with Gasteiger partial charge in [0.25, 0.3) is 5.91 Å². The van der Waals surface area contributed by atoms with Crippen LogP contribution in [-0.4, -0.2) is 54.5 Å². The van der Waals surface area contributed by atoms with Gasteiger partial charge in [0.1, 0.15) is 5.82 Å². The van der Waals surface area contributed by atoms with Crippen molar-refractivity contribution in [3.8, 4) is 0 Å². The van der Waals surface area contributed by atoms with Crippen LogP contribution in [0, 0.1) is 0 Å². The molecule has 2 heterocycles. The third-order valence-corrected chi connectivity index (χ3v) is 4.83. The van der Waals surface area contributed by atoms with E-state index in [2.05, 4.69) is 15.3 Å². The molecule has 0 spiro atoms. The molecule has 6 heteroatoms. The van der Waals surface area contributed by atoms with E-state index in [1.165, 1.54) is 0 Å². The van der Waals surface area contributed by atoms with Gasteiger partial charge in [-0.15, -0.1) is 0 Å². The molecule has 1 saturated heterocycles. The molecule has 1 atom stereocenters. The highest BCUT2D eigenvalue weighted by atomic mass is 16.2. The zero-order valence-electron chi connectivity index (χ0n) is 15.1. The van der Waals surface area contributed by atoms with Crippen LogP contribution in [0.5, 0.6) is 0 Å². The Balaban J connectivity index is 1.51. The van der Waals surface area contributed by atoms with E-state index in [1.54, 1.807) is 0 Å². The Morgan fingerprint density at radius 2 is 1.92 bits per heavy atom. The summed E-state index contributed by atoms with van der Waals surface area (Å²) in [6.45, 7) is 2.06. The largest absolute Gasteiger partial charge is 0.378 e. The normalized spacial score (nSPS) is 17.5. The van der Waals surface area contributed by atoms with E-state index >= 15 is 0 Å². The highest BCUT2D eigenvalue weighted by molar-refractivity contribution is 5.94. The lowest BCUT2D eigenvalue weighted by atomic mass is 10.1. The number of benzene rings is 2. The van der Waals surface area contributed by atoms with Gasteiger partial charge in [-0.25, -0.2) is 4.98 Å². The number of anilines is 1. The first kappa shape index (κ1) is 16.6. The Kier molecular flexibility index (Phi) is 4.34. The number of aromatic nitrogens is 2. The molecule has 2 aromatic carbocycles. The fraction of sp³-hybridized carbons (Fsp3) is 0.300. The Labute approximate surface area is 152 Å². The van der Waals surface area contributed by atoms with Crippen molar-refractivity contribution in [2.45, 2.75) is 6.04 Å². The van der Waals surface area contributed by atoms with Crippen molar-refractivity contribution in [3.63, 3.8) is 0 Å². The molecular weight excluding hydrogens is 326 g/mol. The van der Waals surface area contributed by atoms with Gasteiger partial charge in [0.15, 0.2) is 0 Å². The second-order valence-corrected chi connectivity index (χ2v) is 6.84. The number of H-pyrrole nitrogens is 1. The molecule has 2 N–H and O–H groups in total. The van der Waals surface area contributed by atoms with E-state index in [9.17, 15) is 4.79 Å². The molecule has 26 heavy (non-hydrogen) atoms. The maximum absolute atomic E-state index is 12.9. The molecule has 134 valence electrons. The van der Waals surface area contributed by atoms with Gasteiger partial charge in [0.2, 0.25) is 0 Å². The second-order valence-electron chi connectivity index (χ2n) is 6.84. The molecule has 3 aromatic rings. The van der Waals surface area contributed by atoms with Gasteiger partial charge in [0.05, 0.1) is 17.1 Å². The van der Waals surface area contributed by atoms with Gasteiger partial charge < -0.3 is 20.1 Å². The number of rotatable bonds is 3. The molecule has 1 aliphatic heterocycles. The van der Waals surface area contributed by atoms with Crippen LogP contribution in [0.15, 0.2) is 48.5 Å². The molecule has 1 amide bonds. The fourth-order valence-electron chi connectivity index (χ4n) is 3.34. The quantitative estimate of drug-likeness (QED) is 0.762. The number of hydrogen-bond acceptors (Lipinski definition) is 4. The van der Waals surface area contributed by atoms with Crippen LogP contribution in [0.3, 0.4) is 0 Å². The number of fused-ring (bicyclic) bond motifs is 1. The molecule has 0 aliphatic carbocycles. The lowest BCUT2D eigenvalue weighted by Gasteiger charge is -2.33. The monoisotopic (exact) mass is 349 g/mol. The van der Waals surface area contributed by atoms with Crippen molar-refractivity contribution in [1.29, 1.82) is 0 Å². The van der Waals surface area contributed by atoms with E-state index in [0.29, 0.717) is 13.1 Å². The number of carbonyl (C=O) groups is 1. The zero-order valence-corrected chi connectivity index (χ0v) is 15.1. The summed E-state index contributed by atoms with van der Waals surface area (Å²) >= 11 is 0. The molecule has 1 aromatic heterocycles. The first-order valence-corrected chi connectivity index (χ1v) is 8.86. The maximum atomic E-state index is 12.9. The molecule has 4 rings (SSSR count). The number of nitrogens with zero attached hydrogens (tertiary/aromatic N) is 3. The Morgan fingerprint density at radius 1 is 1.15 bits per heavy atom. The second kappa shape index (κ2) is 6.80. The predicted octanol–water partition coefficient (Wildman–Crippen LogP) is 2.42. The molecule has 6 nitrogen and oxygen atoms in total. The molecule has 0 saturated carbocycles. The first-order chi connectivity index (χ1) is 12.6. The number of amides is 1. The summed E-state index contributed by atoms with van der Waals surface area (Å²) in [5.41, 5.74) is 3.78. The van der Waals surface area contributed by atoms with Gasteiger partial charge in [0, 0.05) is 45.0 Å². The molecule has 0 bridgehead atoms. The molecule has 0 radical (unpaired) electrons. The number of para-hydroxylation sites is 2. The molecule has 1 fully saturated rings. The summed E-state index contributed by atoms with van der Waals surface area (Å²) < 4.78 is 0. The van der Waals surface area contributed by atoms with Gasteiger partial charge in [-0.3, -0.25) is 4.79 Å². The highest BCUT2D eigenvalue weighted by Crippen LogP contribution is 2.20. The number of aromatic amines is 1. The predicted molar refractivity (Wildman–Crippen MR) is 104 cm³/mol. The van der Waals surface area contributed by atoms with Gasteiger partial charge in [-0.05, 0) is 36.4 Å². The van der Waals surface area contributed by atoms with E-state index in [0.717, 1.165) is 34.7 Å². The minimum atomic E-state index is 0.0150. The number of carbonyl (C=O) groups excluding carboxylic acids is 1. The summed E-state index contributed by atoms with van der Waals surface area (Å²) in [6.07, 6.45) is 0. The minimum Gasteiger partial charge on any atom is -0.378 e. The third-order valence-electron chi connectivity index (χ3n) is 4.83. The fourth-order valence-corrected chi connectivity index (χ4v) is 3.34. The number of imidazole rings is 1. The van der Waals surface area contributed by atoms with E-state index in [-0.39, 0.29) is 11.9 Å². The summed E-state index contributed by atoms with van der Waals surface area (Å²) in [5, 5.41) is 3.46. The third kappa shape index (κ3) is 3.15. The van der Waals surface area contributed by atoms with Crippen LogP contribution in [0.25, 0.3) is 11.0 Å². The number of nitrogens with one attached hydrogen (secondary N) is 2. The van der Waals surface area contributed by atoms with Gasteiger partial charge in [-0.1, -0.05) is 12.1 Å². The highest BCUT2D eigenvalue weighted by Gasteiger charge is 2.27. The minimum absolute atomic E-state index is 0.0150. The van der Waals surface area contributed by atoms with Crippen molar-refractivity contribution in [2.75, 3.05) is 38.6 Å². The topological polar surface area (TPSA) is 64.3 Å². The van der Waals surface area contributed by atoms with Gasteiger partial charge >= 0.3 is 0 Å².